The summed E-state index contributed by atoms with van der Waals surface area (Å²) in [6.07, 6.45) is 2.88. The maximum absolute atomic E-state index is 12.2. The number of hydrogen-bond donors (Lipinski definition) is 2. The summed E-state index contributed by atoms with van der Waals surface area (Å²) in [4.78, 5) is 20.2. The average molecular weight is 335 g/mol. The predicted molar refractivity (Wildman–Crippen MR) is 88.7 cm³/mol. The van der Waals surface area contributed by atoms with Crippen LogP contribution in [0.4, 0.5) is 0 Å². The Morgan fingerprint density at radius 3 is 2.86 bits per heavy atom. The van der Waals surface area contributed by atoms with Crippen molar-refractivity contribution in [1.82, 2.24) is 9.97 Å². The molecule has 114 valence electrons. The molecule has 3 rings (SSSR count). The number of carboxylic acid groups (broad SMARTS) is 1. The van der Waals surface area contributed by atoms with E-state index in [4.69, 9.17) is 11.6 Å². The first-order valence-electron chi connectivity index (χ1n) is 7.00. The monoisotopic (exact) mass is 334 g/mol. The zero-order chi connectivity index (χ0) is 15.7. The topological polar surface area (TPSA) is 66.0 Å². The number of aromatic nitrogens is 2. The van der Waals surface area contributed by atoms with Crippen molar-refractivity contribution in [2.75, 3.05) is 0 Å². The summed E-state index contributed by atoms with van der Waals surface area (Å²) in [7, 11) is 0. The molecular weight excluding hydrogens is 320 g/mol. The molecule has 2 aromatic heterocycles. The van der Waals surface area contributed by atoms with Gasteiger partial charge in [0.2, 0.25) is 0 Å². The molecule has 0 aliphatic rings. The van der Waals surface area contributed by atoms with Crippen molar-refractivity contribution in [2.24, 2.45) is 0 Å². The molecule has 0 amide bonds. The number of carbonyl (C=O) groups is 1. The number of H-pyrrole nitrogens is 1. The van der Waals surface area contributed by atoms with Gasteiger partial charge < -0.3 is 10.1 Å². The lowest BCUT2D eigenvalue weighted by atomic mass is 9.75. The van der Waals surface area contributed by atoms with E-state index in [1.165, 1.54) is 11.3 Å². The van der Waals surface area contributed by atoms with Crippen LogP contribution in [0, 0.1) is 0 Å². The molecule has 1 atom stereocenters. The van der Waals surface area contributed by atoms with Crippen LogP contribution in [0.1, 0.15) is 30.2 Å². The molecule has 0 aliphatic carbocycles. The van der Waals surface area contributed by atoms with E-state index >= 15 is 0 Å². The molecule has 4 nitrogen and oxygen atoms in total. The van der Waals surface area contributed by atoms with Crippen LogP contribution in [0.5, 0.6) is 0 Å². The number of halogens is 1. The fraction of sp³-hybridized carbons (Fsp3) is 0.250. The quantitative estimate of drug-likeness (QED) is 0.724. The van der Waals surface area contributed by atoms with Gasteiger partial charge in [-0.2, -0.15) is 0 Å². The Labute approximate surface area is 136 Å². The van der Waals surface area contributed by atoms with Crippen molar-refractivity contribution >= 4 is 39.9 Å². The lowest BCUT2D eigenvalue weighted by Gasteiger charge is -2.28. The molecular formula is C16H15ClN2O2S. The highest BCUT2D eigenvalue weighted by Crippen LogP contribution is 2.42. The van der Waals surface area contributed by atoms with Crippen molar-refractivity contribution < 1.29 is 9.90 Å². The molecule has 0 radical (unpaired) electrons. The Kier molecular flexibility index (Phi) is 3.93. The van der Waals surface area contributed by atoms with E-state index in [1.807, 2.05) is 31.2 Å². The lowest BCUT2D eigenvalue weighted by molar-refractivity contribution is -0.142. The van der Waals surface area contributed by atoms with Crippen LogP contribution in [0.25, 0.3) is 11.0 Å². The van der Waals surface area contributed by atoms with E-state index in [0.717, 1.165) is 27.9 Å². The standard InChI is InChI=1S/C16H15ClN2O2S/c1-2-7-16(15(20)21,13-5-6-14(17)22-13)10-3-4-11-12(8-10)19-9-18-11/h3-6,8-9H,2,7H2,1H3,(H,18,19)(H,20,21). The van der Waals surface area contributed by atoms with E-state index in [0.29, 0.717) is 10.8 Å². The van der Waals surface area contributed by atoms with Crippen LogP contribution in [-0.2, 0) is 10.2 Å². The minimum absolute atomic E-state index is 0.513. The highest BCUT2D eigenvalue weighted by molar-refractivity contribution is 7.16. The van der Waals surface area contributed by atoms with Crippen LogP contribution in [0.15, 0.2) is 36.7 Å². The van der Waals surface area contributed by atoms with Crippen LogP contribution in [0.2, 0.25) is 4.34 Å². The Morgan fingerprint density at radius 2 is 2.23 bits per heavy atom. The Balaban J connectivity index is 2.25. The normalized spacial score (nSPS) is 14.1. The Morgan fingerprint density at radius 1 is 1.41 bits per heavy atom. The first-order valence-corrected chi connectivity index (χ1v) is 8.20. The molecule has 0 spiro atoms. The number of imidazole rings is 1. The summed E-state index contributed by atoms with van der Waals surface area (Å²) in [5.74, 6) is -0.855. The minimum Gasteiger partial charge on any atom is -0.480 e. The second-order valence-corrected chi connectivity index (χ2v) is 6.91. The van der Waals surface area contributed by atoms with Gasteiger partial charge in [-0.3, -0.25) is 4.79 Å². The van der Waals surface area contributed by atoms with E-state index in [2.05, 4.69) is 9.97 Å². The maximum atomic E-state index is 12.2. The molecule has 3 aromatic rings. The van der Waals surface area contributed by atoms with Gasteiger partial charge in [-0.25, -0.2) is 4.98 Å². The zero-order valence-corrected chi connectivity index (χ0v) is 13.5. The molecule has 2 N–H and O–H groups in total. The first-order chi connectivity index (χ1) is 10.6. The second-order valence-electron chi connectivity index (χ2n) is 5.20. The van der Waals surface area contributed by atoms with E-state index in [1.54, 1.807) is 12.4 Å². The number of rotatable bonds is 5. The summed E-state index contributed by atoms with van der Waals surface area (Å²) < 4.78 is 0.597. The first kappa shape index (κ1) is 15.1. The largest absolute Gasteiger partial charge is 0.480 e. The molecule has 2 heterocycles. The van der Waals surface area contributed by atoms with Gasteiger partial charge in [-0.05, 0) is 36.2 Å². The third kappa shape index (κ3) is 2.30. The van der Waals surface area contributed by atoms with Crippen molar-refractivity contribution in [3.05, 3.63) is 51.4 Å². The zero-order valence-electron chi connectivity index (χ0n) is 12.0. The molecule has 1 unspecified atom stereocenters. The van der Waals surface area contributed by atoms with Crippen molar-refractivity contribution in [2.45, 2.75) is 25.2 Å². The SMILES string of the molecule is CCCC(C(=O)O)(c1ccc2nc[nH]c2c1)c1ccc(Cl)s1. The Bertz CT molecular complexity index is 826. The average Bonchev–Trinajstić information content (AvgIpc) is 3.12. The van der Waals surface area contributed by atoms with Crippen LogP contribution in [-0.4, -0.2) is 21.0 Å². The van der Waals surface area contributed by atoms with Crippen molar-refractivity contribution in [3.63, 3.8) is 0 Å². The highest BCUT2D eigenvalue weighted by atomic mass is 35.5. The van der Waals surface area contributed by atoms with Gasteiger partial charge in [-0.15, -0.1) is 11.3 Å². The number of carboxylic acids is 1. The molecule has 22 heavy (non-hydrogen) atoms. The lowest BCUT2D eigenvalue weighted by Crippen LogP contribution is -2.36. The molecule has 0 fully saturated rings. The van der Waals surface area contributed by atoms with Gasteiger partial charge >= 0.3 is 5.97 Å². The van der Waals surface area contributed by atoms with E-state index in [9.17, 15) is 9.90 Å². The van der Waals surface area contributed by atoms with Crippen LogP contribution < -0.4 is 0 Å². The molecule has 1 aromatic carbocycles. The fourth-order valence-corrected chi connectivity index (χ4v) is 4.14. The number of benzene rings is 1. The van der Waals surface area contributed by atoms with Gasteiger partial charge in [0, 0.05) is 4.88 Å². The number of nitrogens with one attached hydrogen (secondary N) is 1. The summed E-state index contributed by atoms with van der Waals surface area (Å²) in [6, 6.07) is 9.14. The van der Waals surface area contributed by atoms with Gasteiger partial charge in [0.1, 0.15) is 5.41 Å². The number of aromatic amines is 1. The third-order valence-corrected chi connectivity index (χ3v) is 5.29. The van der Waals surface area contributed by atoms with Crippen LogP contribution >= 0.6 is 22.9 Å². The fourth-order valence-electron chi connectivity index (χ4n) is 2.87. The summed E-state index contributed by atoms with van der Waals surface area (Å²) >= 11 is 7.37. The second kappa shape index (κ2) is 5.74. The van der Waals surface area contributed by atoms with E-state index in [-0.39, 0.29) is 0 Å². The Hall–Kier alpha value is -1.85. The van der Waals surface area contributed by atoms with Crippen LogP contribution in [0.3, 0.4) is 0 Å². The minimum atomic E-state index is -1.08. The smallest absolute Gasteiger partial charge is 0.319 e. The molecule has 0 bridgehead atoms. The van der Waals surface area contributed by atoms with Gasteiger partial charge in [-0.1, -0.05) is 31.0 Å². The summed E-state index contributed by atoms with van der Waals surface area (Å²) in [5.41, 5.74) is 1.33. The van der Waals surface area contributed by atoms with Gasteiger partial charge in [0.15, 0.2) is 0 Å². The number of thiophene rings is 1. The summed E-state index contributed by atoms with van der Waals surface area (Å²) in [6.45, 7) is 1.99. The molecule has 0 saturated carbocycles. The number of nitrogens with zero attached hydrogens (tertiary/aromatic N) is 1. The summed E-state index contributed by atoms with van der Waals surface area (Å²) in [5, 5.41) is 10.0. The van der Waals surface area contributed by atoms with Gasteiger partial charge in [0.25, 0.3) is 0 Å². The molecule has 6 heteroatoms. The van der Waals surface area contributed by atoms with Gasteiger partial charge in [0.05, 0.1) is 21.7 Å². The third-order valence-electron chi connectivity index (χ3n) is 3.90. The predicted octanol–water partition coefficient (Wildman–Crippen LogP) is 4.45. The highest BCUT2D eigenvalue weighted by Gasteiger charge is 2.43. The van der Waals surface area contributed by atoms with E-state index < -0.39 is 11.4 Å². The molecule has 0 aliphatic heterocycles. The number of aliphatic carboxylic acids is 1. The maximum Gasteiger partial charge on any atom is 0.319 e. The number of hydrogen-bond acceptors (Lipinski definition) is 3. The van der Waals surface area contributed by atoms with Crippen molar-refractivity contribution in [1.29, 1.82) is 0 Å². The van der Waals surface area contributed by atoms with Crippen molar-refractivity contribution in [3.8, 4) is 0 Å². The molecule has 0 saturated heterocycles. The number of fused-ring (bicyclic) bond motifs is 1.